The molecule has 0 aliphatic heterocycles. The van der Waals surface area contributed by atoms with E-state index in [4.69, 9.17) is 4.74 Å². The zero-order chi connectivity index (χ0) is 16.0. The largest absolute Gasteiger partial charge is 0.446 e. The number of carbonyl (C=O) groups is 1. The molecule has 0 aliphatic rings. The first-order chi connectivity index (χ1) is 9.73. The molecular formula is C11H20N4O4S2. The summed E-state index contributed by atoms with van der Waals surface area (Å²) in [6.45, 7) is 7.91. The van der Waals surface area contributed by atoms with E-state index in [1.165, 1.54) is 0 Å². The highest BCUT2D eigenvalue weighted by atomic mass is 32.2. The maximum absolute atomic E-state index is 11.7. The van der Waals surface area contributed by atoms with Crippen LogP contribution in [-0.4, -0.2) is 32.1 Å². The molecule has 120 valence electrons. The van der Waals surface area contributed by atoms with Crippen LogP contribution in [0.15, 0.2) is 5.38 Å². The lowest BCUT2D eigenvalue weighted by atomic mass is 10.3. The van der Waals surface area contributed by atoms with Crippen LogP contribution >= 0.6 is 11.3 Å². The Hall–Kier alpha value is -1.39. The van der Waals surface area contributed by atoms with Crippen molar-refractivity contribution in [2.75, 3.05) is 11.3 Å². The Kier molecular flexibility index (Phi) is 6.37. The number of thiazole rings is 1. The quantitative estimate of drug-likeness (QED) is 0.698. The smallest absolute Gasteiger partial charge is 0.422 e. The first-order valence-electron chi connectivity index (χ1n) is 6.43. The van der Waals surface area contributed by atoms with Gasteiger partial charge in [-0.05, 0) is 27.3 Å². The van der Waals surface area contributed by atoms with Crippen LogP contribution in [0.3, 0.4) is 0 Å². The molecular weight excluding hydrogens is 316 g/mol. The summed E-state index contributed by atoms with van der Waals surface area (Å²) in [6.07, 6.45) is -1.44. The van der Waals surface area contributed by atoms with Crippen LogP contribution in [0.1, 0.15) is 39.4 Å². The molecule has 1 amide bonds. The molecule has 10 heteroatoms. The molecule has 1 aromatic heterocycles. The normalized spacial score (nSPS) is 13.0. The molecule has 1 unspecified atom stereocenters. The summed E-state index contributed by atoms with van der Waals surface area (Å²) in [5, 5.41) is 5.10. The van der Waals surface area contributed by atoms with E-state index in [2.05, 4.69) is 15.0 Å². The lowest BCUT2D eigenvalue weighted by Crippen LogP contribution is -2.36. The fourth-order valence-electron chi connectivity index (χ4n) is 1.43. The zero-order valence-electron chi connectivity index (χ0n) is 12.3. The van der Waals surface area contributed by atoms with Crippen molar-refractivity contribution >= 4 is 32.8 Å². The molecule has 0 bridgehead atoms. The van der Waals surface area contributed by atoms with Crippen LogP contribution < -0.4 is 14.8 Å². The highest BCUT2D eigenvalue weighted by Gasteiger charge is 2.18. The van der Waals surface area contributed by atoms with Crippen LogP contribution in [0.5, 0.6) is 0 Å². The van der Waals surface area contributed by atoms with Crippen molar-refractivity contribution in [2.45, 2.75) is 39.8 Å². The maximum atomic E-state index is 11.7. The average Bonchev–Trinajstić information content (AvgIpc) is 2.74. The summed E-state index contributed by atoms with van der Waals surface area (Å²) in [6, 6.07) is 0.0170. The number of aromatic nitrogens is 1. The third-order valence-corrected chi connectivity index (χ3v) is 4.06. The molecule has 0 saturated heterocycles. The van der Waals surface area contributed by atoms with Gasteiger partial charge in [-0.3, -0.25) is 0 Å². The van der Waals surface area contributed by atoms with E-state index < -0.39 is 22.4 Å². The molecule has 0 aromatic carbocycles. The van der Waals surface area contributed by atoms with Crippen molar-refractivity contribution < 1.29 is 17.9 Å². The third kappa shape index (κ3) is 6.27. The van der Waals surface area contributed by atoms with Gasteiger partial charge in [0.25, 0.3) is 0 Å². The minimum absolute atomic E-state index is 0.0170. The molecule has 21 heavy (non-hydrogen) atoms. The predicted molar refractivity (Wildman–Crippen MR) is 81.5 cm³/mol. The first kappa shape index (κ1) is 17.7. The van der Waals surface area contributed by atoms with Crippen LogP contribution in [0.4, 0.5) is 9.93 Å². The molecule has 8 nitrogen and oxygen atoms in total. The van der Waals surface area contributed by atoms with Gasteiger partial charge in [0, 0.05) is 11.4 Å². The van der Waals surface area contributed by atoms with Crippen molar-refractivity contribution in [2.24, 2.45) is 0 Å². The van der Waals surface area contributed by atoms with Gasteiger partial charge in [-0.2, -0.15) is 8.42 Å². The van der Waals surface area contributed by atoms with Gasteiger partial charge in [-0.1, -0.05) is 6.92 Å². The number of nitrogens with zero attached hydrogens (tertiary/aromatic N) is 1. The summed E-state index contributed by atoms with van der Waals surface area (Å²) >= 11 is 1.14. The first-order valence-corrected chi connectivity index (χ1v) is 8.79. The Morgan fingerprint density at radius 1 is 1.43 bits per heavy atom. The second-order valence-electron chi connectivity index (χ2n) is 4.52. The molecule has 1 rings (SSSR count). The molecule has 0 saturated carbocycles. The molecule has 0 aliphatic carbocycles. The molecule has 1 aromatic rings. The van der Waals surface area contributed by atoms with Gasteiger partial charge in [-0.25, -0.2) is 19.2 Å². The number of rotatable bonds is 7. The number of hydrogen-bond donors (Lipinski definition) is 3. The molecule has 3 N–H and O–H groups in total. The molecule has 1 atom stereocenters. The van der Waals surface area contributed by atoms with Crippen LogP contribution in [0, 0.1) is 0 Å². The Bertz CT molecular complexity index is 571. The SMILES string of the molecule is CCNC(C)c1csc(NS(=O)(=O)NC(=O)OC(C)C)n1. The van der Waals surface area contributed by atoms with E-state index >= 15 is 0 Å². The fourth-order valence-corrected chi connectivity index (χ4v) is 3.19. The fraction of sp³-hybridized carbons (Fsp3) is 0.636. The average molecular weight is 336 g/mol. The molecule has 0 radical (unpaired) electrons. The maximum Gasteiger partial charge on any atom is 0.422 e. The molecule has 0 spiro atoms. The van der Waals surface area contributed by atoms with E-state index in [0.29, 0.717) is 0 Å². The Balaban J connectivity index is 2.65. The molecule has 0 fully saturated rings. The van der Waals surface area contributed by atoms with Crippen molar-refractivity contribution in [1.82, 2.24) is 15.0 Å². The topological polar surface area (TPSA) is 109 Å². The van der Waals surface area contributed by atoms with Gasteiger partial charge < -0.3 is 10.1 Å². The Morgan fingerprint density at radius 3 is 2.67 bits per heavy atom. The summed E-state index contributed by atoms with van der Waals surface area (Å²) in [7, 11) is -4.05. The number of amides is 1. The van der Waals surface area contributed by atoms with Gasteiger partial charge in [-0.15, -0.1) is 11.3 Å². The minimum Gasteiger partial charge on any atom is -0.446 e. The van der Waals surface area contributed by atoms with Crippen LogP contribution in [-0.2, 0) is 14.9 Å². The Morgan fingerprint density at radius 2 is 2.10 bits per heavy atom. The summed E-state index contributed by atoms with van der Waals surface area (Å²) < 4.78 is 32.1. The highest BCUT2D eigenvalue weighted by molar-refractivity contribution is 7.91. The van der Waals surface area contributed by atoms with Crippen molar-refractivity contribution in [1.29, 1.82) is 0 Å². The highest BCUT2D eigenvalue weighted by Crippen LogP contribution is 2.21. The standard InChI is InChI=1S/C11H20N4O4S2/c1-5-12-8(4)9-6-20-10(13-9)14-21(17,18)15-11(16)19-7(2)3/h6-8,12H,5H2,1-4H3,(H,13,14)(H,15,16). The van der Waals surface area contributed by atoms with Crippen molar-refractivity contribution in [3.05, 3.63) is 11.1 Å². The van der Waals surface area contributed by atoms with Gasteiger partial charge in [0.15, 0.2) is 5.13 Å². The number of anilines is 1. The molecule has 1 heterocycles. The second-order valence-corrected chi connectivity index (χ2v) is 6.79. The summed E-state index contributed by atoms with van der Waals surface area (Å²) in [5.41, 5.74) is 0.726. The number of nitrogens with one attached hydrogen (secondary N) is 3. The van der Waals surface area contributed by atoms with Gasteiger partial charge in [0.2, 0.25) is 0 Å². The van der Waals surface area contributed by atoms with Gasteiger partial charge in [0.05, 0.1) is 11.8 Å². The van der Waals surface area contributed by atoms with Crippen molar-refractivity contribution in [3.63, 3.8) is 0 Å². The van der Waals surface area contributed by atoms with Crippen molar-refractivity contribution in [3.8, 4) is 0 Å². The monoisotopic (exact) mass is 336 g/mol. The predicted octanol–water partition coefficient (Wildman–Crippen LogP) is 1.60. The number of carbonyl (C=O) groups excluding carboxylic acids is 1. The van der Waals surface area contributed by atoms with Gasteiger partial charge in [0.1, 0.15) is 0 Å². The lowest BCUT2D eigenvalue weighted by Gasteiger charge is -2.10. The van der Waals surface area contributed by atoms with E-state index in [9.17, 15) is 13.2 Å². The van der Waals surface area contributed by atoms with E-state index in [1.807, 2.05) is 13.8 Å². The van der Waals surface area contributed by atoms with Gasteiger partial charge >= 0.3 is 16.3 Å². The number of hydrogen-bond acceptors (Lipinski definition) is 7. The van der Waals surface area contributed by atoms with E-state index in [0.717, 1.165) is 23.6 Å². The Labute approximate surface area is 128 Å². The van der Waals surface area contributed by atoms with E-state index in [-0.39, 0.29) is 11.2 Å². The van der Waals surface area contributed by atoms with Crippen LogP contribution in [0.25, 0.3) is 0 Å². The van der Waals surface area contributed by atoms with Crippen LogP contribution in [0.2, 0.25) is 0 Å². The minimum atomic E-state index is -4.05. The second kappa shape index (κ2) is 7.57. The van der Waals surface area contributed by atoms with E-state index in [1.54, 1.807) is 23.9 Å². The zero-order valence-corrected chi connectivity index (χ0v) is 14.0. The number of ether oxygens (including phenoxy) is 1. The summed E-state index contributed by atoms with van der Waals surface area (Å²) in [4.78, 5) is 15.4. The summed E-state index contributed by atoms with van der Waals surface area (Å²) in [5.74, 6) is 0. The lowest BCUT2D eigenvalue weighted by molar-refractivity contribution is 0.121. The third-order valence-electron chi connectivity index (χ3n) is 2.26.